The van der Waals surface area contributed by atoms with E-state index in [2.05, 4.69) is 36.1 Å². The van der Waals surface area contributed by atoms with Crippen molar-refractivity contribution < 1.29 is 5.11 Å². The molecule has 0 amide bonds. The summed E-state index contributed by atoms with van der Waals surface area (Å²) in [4.78, 5) is 8.41. The lowest BCUT2D eigenvalue weighted by Crippen LogP contribution is -2.55. The van der Waals surface area contributed by atoms with Gasteiger partial charge in [0, 0.05) is 11.7 Å². The van der Waals surface area contributed by atoms with Crippen LogP contribution >= 0.6 is 0 Å². The van der Waals surface area contributed by atoms with Crippen molar-refractivity contribution in [3.8, 4) is 0 Å². The second kappa shape index (κ2) is 5.66. The highest BCUT2D eigenvalue weighted by Crippen LogP contribution is 2.43. The van der Waals surface area contributed by atoms with E-state index >= 15 is 0 Å². The molecule has 0 aliphatic heterocycles. The zero-order valence-electron chi connectivity index (χ0n) is 12.7. The molecule has 20 heavy (non-hydrogen) atoms. The van der Waals surface area contributed by atoms with E-state index in [1.165, 1.54) is 6.42 Å². The minimum atomic E-state index is -0.241. The van der Waals surface area contributed by atoms with Gasteiger partial charge in [-0.2, -0.15) is 0 Å². The number of anilines is 1. The molecule has 2 unspecified atom stereocenters. The van der Waals surface area contributed by atoms with Crippen molar-refractivity contribution in [2.75, 3.05) is 12.3 Å². The van der Waals surface area contributed by atoms with Gasteiger partial charge in [-0.1, -0.05) is 20.8 Å². The average molecular weight is 278 g/mol. The molecule has 2 rings (SSSR count). The van der Waals surface area contributed by atoms with Crippen LogP contribution < -0.4 is 11.1 Å². The Balaban J connectivity index is 2.08. The zero-order valence-corrected chi connectivity index (χ0v) is 12.7. The molecule has 112 valence electrons. The molecule has 5 heteroatoms. The van der Waals surface area contributed by atoms with Gasteiger partial charge in [0.15, 0.2) is 0 Å². The largest absolute Gasteiger partial charge is 0.394 e. The topological polar surface area (TPSA) is 84.1 Å². The van der Waals surface area contributed by atoms with E-state index in [9.17, 15) is 5.11 Å². The molecule has 5 nitrogen and oxygen atoms in total. The van der Waals surface area contributed by atoms with Crippen molar-refractivity contribution in [1.82, 2.24) is 15.3 Å². The Labute approximate surface area is 121 Å². The summed E-state index contributed by atoms with van der Waals surface area (Å²) in [6, 6.07) is 1.68. The van der Waals surface area contributed by atoms with E-state index in [4.69, 9.17) is 5.73 Å². The third-order valence-electron chi connectivity index (χ3n) is 4.11. The number of aromatic nitrogens is 2. The maximum Gasteiger partial charge on any atom is 0.144 e. The summed E-state index contributed by atoms with van der Waals surface area (Å²) in [7, 11) is 0. The number of nitrogens with zero attached hydrogens (tertiary/aromatic N) is 2. The van der Waals surface area contributed by atoms with Crippen LogP contribution in [0.2, 0.25) is 0 Å². The Morgan fingerprint density at radius 3 is 2.80 bits per heavy atom. The van der Waals surface area contributed by atoms with Gasteiger partial charge in [0.25, 0.3) is 0 Å². The molecule has 1 aromatic heterocycles. The maximum absolute atomic E-state index is 9.90. The average Bonchev–Trinajstić information content (AvgIpc) is 2.34. The van der Waals surface area contributed by atoms with Crippen molar-refractivity contribution in [2.24, 2.45) is 11.3 Å². The second-order valence-electron chi connectivity index (χ2n) is 7.04. The Kier molecular flexibility index (Phi) is 4.30. The number of nitrogens with two attached hydrogens (primary N) is 1. The molecule has 1 saturated carbocycles. The lowest BCUT2D eigenvalue weighted by Gasteiger charge is -2.47. The summed E-state index contributed by atoms with van der Waals surface area (Å²) in [5.41, 5.74) is 5.67. The molecule has 1 aliphatic carbocycles. The molecule has 0 bridgehead atoms. The molecule has 0 aromatic carbocycles. The maximum atomic E-state index is 9.90. The van der Waals surface area contributed by atoms with Gasteiger partial charge in [0.05, 0.1) is 13.2 Å². The van der Waals surface area contributed by atoms with Crippen molar-refractivity contribution >= 4 is 5.82 Å². The number of aliphatic hydroxyl groups is 1. The molecule has 1 heterocycles. The summed E-state index contributed by atoms with van der Waals surface area (Å²) in [5, 5.41) is 13.4. The lowest BCUT2D eigenvalue weighted by molar-refractivity contribution is 0.0348. The predicted molar refractivity (Wildman–Crippen MR) is 79.9 cm³/mol. The molecule has 2 atom stereocenters. The van der Waals surface area contributed by atoms with E-state index in [0.29, 0.717) is 24.1 Å². The molecular weight excluding hydrogens is 252 g/mol. The van der Waals surface area contributed by atoms with Gasteiger partial charge in [-0.05, 0) is 36.7 Å². The molecule has 0 spiro atoms. The first-order valence-electron chi connectivity index (χ1n) is 7.27. The molecule has 0 saturated heterocycles. The van der Waals surface area contributed by atoms with Crippen molar-refractivity contribution in [2.45, 2.75) is 52.1 Å². The number of hydrogen-bond donors (Lipinski definition) is 3. The van der Waals surface area contributed by atoms with Crippen LogP contribution in [0.3, 0.4) is 0 Å². The van der Waals surface area contributed by atoms with Crippen LogP contribution in [0.5, 0.6) is 0 Å². The lowest BCUT2D eigenvalue weighted by atomic mass is 9.64. The van der Waals surface area contributed by atoms with E-state index in [0.717, 1.165) is 12.8 Å². The van der Waals surface area contributed by atoms with Crippen molar-refractivity contribution in [3.05, 3.63) is 18.1 Å². The number of nitrogen functional groups attached to an aromatic ring is 1. The second-order valence-corrected chi connectivity index (χ2v) is 7.04. The summed E-state index contributed by atoms with van der Waals surface area (Å²) >= 11 is 0. The quantitative estimate of drug-likeness (QED) is 0.781. The molecule has 4 N–H and O–H groups in total. The summed E-state index contributed by atoms with van der Waals surface area (Å²) in [5.74, 6) is 1.75. The van der Waals surface area contributed by atoms with E-state index in [1.54, 1.807) is 12.3 Å². The first-order chi connectivity index (χ1) is 9.34. The van der Waals surface area contributed by atoms with Crippen LogP contribution in [0.1, 0.15) is 45.9 Å². The highest BCUT2D eigenvalue weighted by atomic mass is 16.3. The summed E-state index contributed by atoms with van der Waals surface area (Å²) < 4.78 is 0. The molecular formula is C15H26N4O. The summed E-state index contributed by atoms with van der Waals surface area (Å²) in [6.45, 7) is 7.47. The van der Waals surface area contributed by atoms with Crippen LogP contribution in [0.15, 0.2) is 12.3 Å². The SMILES string of the molecule is CC1CC(C)(C)CC(CO)(NCc2nccc(N)n2)C1. The van der Waals surface area contributed by atoms with Crippen LogP contribution in [-0.2, 0) is 6.54 Å². The Morgan fingerprint density at radius 2 is 2.20 bits per heavy atom. The normalized spacial score (nSPS) is 29.3. The van der Waals surface area contributed by atoms with Gasteiger partial charge < -0.3 is 16.2 Å². The molecule has 0 radical (unpaired) electrons. The zero-order chi connectivity index (χ0) is 14.8. The number of nitrogens with one attached hydrogen (secondary N) is 1. The Bertz CT molecular complexity index is 463. The van der Waals surface area contributed by atoms with Gasteiger partial charge in [-0.15, -0.1) is 0 Å². The molecule has 1 aromatic rings. The van der Waals surface area contributed by atoms with Crippen LogP contribution in [-0.4, -0.2) is 27.2 Å². The predicted octanol–water partition coefficient (Wildman–Crippen LogP) is 1.73. The van der Waals surface area contributed by atoms with Crippen LogP contribution in [0.4, 0.5) is 5.82 Å². The number of aliphatic hydroxyl groups excluding tert-OH is 1. The Morgan fingerprint density at radius 1 is 1.45 bits per heavy atom. The fraction of sp³-hybridized carbons (Fsp3) is 0.733. The van der Waals surface area contributed by atoms with Gasteiger partial charge in [0.1, 0.15) is 11.6 Å². The third kappa shape index (κ3) is 3.67. The molecule has 1 aliphatic rings. The number of rotatable bonds is 4. The van der Waals surface area contributed by atoms with Crippen LogP contribution in [0.25, 0.3) is 0 Å². The molecule has 1 fully saturated rings. The van der Waals surface area contributed by atoms with Crippen molar-refractivity contribution in [3.63, 3.8) is 0 Å². The van der Waals surface area contributed by atoms with Gasteiger partial charge in [0.2, 0.25) is 0 Å². The van der Waals surface area contributed by atoms with Gasteiger partial charge in [-0.3, -0.25) is 0 Å². The fourth-order valence-electron chi connectivity index (χ4n) is 3.82. The minimum absolute atomic E-state index is 0.142. The van der Waals surface area contributed by atoms with Gasteiger partial charge >= 0.3 is 0 Å². The van der Waals surface area contributed by atoms with Gasteiger partial charge in [-0.25, -0.2) is 9.97 Å². The first-order valence-corrected chi connectivity index (χ1v) is 7.27. The van der Waals surface area contributed by atoms with Crippen molar-refractivity contribution in [1.29, 1.82) is 0 Å². The smallest absolute Gasteiger partial charge is 0.144 e. The van der Waals surface area contributed by atoms with E-state index in [1.807, 2.05) is 0 Å². The third-order valence-corrected chi connectivity index (χ3v) is 4.11. The monoisotopic (exact) mass is 278 g/mol. The number of hydrogen-bond acceptors (Lipinski definition) is 5. The highest BCUT2D eigenvalue weighted by Gasteiger charge is 2.42. The van der Waals surface area contributed by atoms with E-state index in [-0.39, 0.29) is 17.6 Å². The first kappa shape index (κ1) is 15.2. The summed E-state index contributed by atoms with van der Waals surface area (Å²) in [6.07, 6.45) is 4.81. The van der Waals surface area contributed by atoms with E-state index < -0.39 is 0 Å². The minimum Gasteiger partial charge on any atom is -0.394 e. The fourth-order valence-corrected chi connectivity index (χ4v) is 3.82. The highest BCUT2D eigenvalue weighted by molar-refractivity contribution is 5.25. The Hall–Kier alpha value is -1.20. The standard InChI is InChI=1S/C15H26N4O/c1-11-6-14(2,3)9-15(7-11,10-20)18-8-13-17-5-4-12(16)19-13/h4-5,11,18,20H,6-10H2,1-3H3,(H2,16,17,19). The van der Waals surface area contributed by atoms with Crippen LogP contribution in [0, 0.1) is 11.3 Å².